The van der Waals surface area contributed by atoms with E-state index in [1.807, 2.05) is 0 Å². The fourth-order valence-electron chi connectivity index (χ4n) is 1.11. The number of hydrogen-bond acceptors (Lipinski definition) is 3. The highest BCUT2D eigenvalue weighted by Gasteiger charge is 1.98. The smallest absolute Gasteiger partial charge is 0.0105 e. The van der Waals surface area contributed by atoms with Crippen LogP contribution in [0.15, 0.2) is 0 Å². The lowest BCUT2D eigenvalue weighted by molar-refractivity contribution is 0.611. The van der Waals surface area contributed by atoms with Crippen LogP contribution in [0.5, 0.6) is 0 Å². The molecule has 0 bridgehead atoms. The summed E-state index contributed by atoms with van der Waals surface area (Å²) in [4.78, 5) is 0. The number of unbranched alkanes of at least 4 members (excludes halogenated alkanes) is 4. The fourth-order valence-corrected chi connectivity index (χ4v) is 1.70. The van der Waals surface area contributed by atoms with Crippen LogP contribution in [0.2, 0.25) is 0 Å². The van der Waals surface area contributed by atoms with Gasteiger partial charge in [-0.2, -0.15) is 37.9 Å². The van der Waals surface area contributed by atoms with Gasteiger partial charge in [0.25, 0.3) is 0 Å². The van der Waals surface area contributed by atoms with Gasteiger partial charge in [-0.25, -0.2) is 0 Å². The van der Waals surface area contributed by atoms with Gasteiger partial charge in [-0.1, -0.05) is 25.7 Å². The molecule has 0 aliphatic rings. The van der Waals surface area contributed by atoms with E-state index in [0.717, 1.165) is 11.5 Å². The highest BCUT2D eigenvalue weighted by Crippen LogP contribution is 2.11. The molecule has 0 aliphatic carbocycles. The van der Waals surface area contributed by atoms with Crippen LogP contribution >= 0.6 is 37.9 Å². The molecule has 0 N–H and O–H groups in total. The van der Waals surface area contributed by atoms with Crippen molar-refractivity contribution in [3.8, 4) is 0 Å². The first kappa shape index (κ1) is 13.1. The van der Waals surface area contributed by atoms with E-state index < -0.39 is 0 Å². The fraction of sp³-hybridized carbons (Fsp3) is 1.00. The summed E-state index contributed by atoms with van der Waals surface area (Å²) < 4.78 is 0. The number of hydrogen-bond donors (Lipinski definition) is 3. The molecule has 0 heterocycles. The number of thiol groups is 3. The zero-order chi connectivity index (χ0) is 9.23. The van der Waals surface area contributed by atoms with Gasteiger partial charge < -0.3 is 0 Å². The SMILES string of the molecule is SCCCCCCCC(S)CS. The third kappa shape index (κ3) is 9.14. The van der Waals surface area contributed by atoms with Crippen molar-refractivity contribution in [1.82, 2.24) is 0 Å². The molecular weight excluding hydrogens is 204 g/mol. The Morgan fingerprint density at radius 2 is 1.42 bits per heavy atom. The maximum atomic E-state index is 4.38. The Morgan fingerprint density at radius 3 is 2.00 bits per heavy atom. The third-order valence-electron chi connectivity index (χ3n) is 1.91. The first-order chi connectivity index (χ1) is 5.81. The molecule has 0 saturated carbocycles. The zero-order valence-electron chi connectivity index (χ0n) is 7.58. The summed E-state index contributed by atoms with van der Waals surface area (Å²) >= 11 is 12.7. The van der Waals surface area contributed by atoms with E-state index in [4.69, 9.17) is 0 Å². The Balaban J connectivity index is 2.90. The summed E-state index contributed by atoms with van der Waals surface area (Å²) in [6, 6.07) is 0. The maximum Gasteiger partial charge on any atom is 0.0105 e. The quantitative estimate of drug-likeness (QED) is 0.408. The molecule has 74 valence electrons. The molecule has 0 radical (unpaired) electrons. The van der Waals surface area contributed by atoms with E-state index in [1.54, 1.807) is 0 Å². The third-order valence-corrected chi connectivity index (χ3v) is 3.39. The van der Waals surface area contributed by atoms with Gasteiger partial charge in [0.15, 0.2) is 0 Å². The van der Waals surface area contributed by atoms with Crippen molar-refractivity contribution in [2.45, 2.75) is 43.8 Å². The van der Waals surface area contributed by atoms with Crippen LogP contribution in [0.1, 0.15) is 38.5 Å². The second kappa shape index (κ2) is 10.1. The second-order valence-corrected chi connectivity index (χ2v) is 4.66. The first-order valence-electron chi connectivity index (χ1n) is 4.71. The van der Waals surface area contributed by atoms with Crippen molar-refractivity contribution in [1.29, 1.82) is 0 Å². The highest BCUT2D eigenvalue weighted by atomic mass is 32.1. The van der Waals surface area contributed by atoms with Crippen LogP contribution in [-0.2, 0) is 0 Å². The molecule has 0 amide bonds. The normalized spacial score (nSPS) is 13.2. The van der Waals surface area contributed by atoms with Gasteiger partial charge >= 0.3 is 0 Å². The average Bonchev–Trinajstić information content (AvgIpc) is 2.10. The Bertz CT molecular complexity index is 85.8. The van der Waals surface area contributed by atoms with Gasteiger partial charge in [0, 0.05) is 11.0 Å². The Kier molecular flexibility index (Phi) is 11.0. The predicted octanol–water partition coefficient (Wildman–Crippen LogP) is 3.49. The van der Waals surface area contributed by atoms with Crippen LogP contribution in [0.3, 0.4) is 0 Å². The molecule has 0 aromatic rings. The predicted molar refractivity (Wildman–Crippen MR) is 68.2 cm³/mol. The van der Waals surface area contributed by atoms with Crippen LogP contribution in [0.4, 0.5) is 0 Å². The summed E-state index contributed by atoms with van der Waals surface area (Å²) in [5.41, 5.74) is 0. The monoisotopic (exact) mass is 224 g/mol. The maximum absolute atomic E-state index is 4.38. The minimum absolute atomic E-state index is 0.498. The standard InChI is InChI=1S/C9H20S3/c10-7-5-3-1-2-4-6-9(12)8-11/h9-12H,1-8H2. The molecule has 0 fully saturated rings. The summed E-state index contributed by atoms with van der Waals surface area (Å²) in [7, 11) is 0. The second-order valence-electron chi connectivity index (χ2n) is 3.12. The molecule has 0 spiro atoms. The van der Waals surface area contributed by atoms with Gasteiger partial charge in [-0.15, -0.1) is 0 Å². The van der Waals surface area contributed by atoms with Crippen molar-refractivity contribution in [3.63, 3.8) is 0 Å². The Hall–Kier alpha value is 1.05. The van der Waals surface area contributed by atoms with Crippen LogP contribution in [0.25, 0.3) is 0 Å². The number of rotatable bonds is 8. The Morgan fingerprint density at radius 1 is 0.833 bits per heavy atom. The van der Waals surface area contributed by atoms with Crippen molar-refractivity contribution in [3.05, 3.63) is 0 Å². The van der Waals surface area contributed by atoms with Crippen molar-refractivity contribution in [2.75, 3.05) is 11.5 Å². The van der Waals surface area contributed by atoms with Gasteiger partial charge in [0.1, 0.15) is 0 Å². The molecule has 0 aromatic heterocycles. The highest BCUT2D eigenvalue weighted by molar-refractivity contribution is 7.84. The minimum atomic E-state index is 0.498. The van der Waals surface area contributed by atoms with E-state index in [2.05, 4.69) is 37.9 Å². The van der Waals surface area contributed by atoms with Crippen LogP contribution in [-0.4, -0.2) is 16.8 Å². The average molecular weight is 224 g/mol. The Labute approximate surface area is 93.1 Å². The molecule has 3 heteroatoms. The van der Waals surface area contributed by atoms with E-state index in [1.165, 1.54) is 38.5 Å². The van der Waals surface area contributed by atoms with E-state index >= 15 is 0 Å². The molecule has 1 unspecified atom stereocenters. The van der Waals surface area contributed by atoms with Crippen molar-refractivity contribution in [2.24, 2.45) is 0 Å². The largest absolute Gasteiger partial charge is 0.179 e. The summed E-state index contributed by atoms with van der Waals surface area (Å²) in [5.74, 6) is 1.94. The van der Waals surface area contributed by atoms with Gasteiger partial charge in [-0.3, -0.25) is 0 Å². The van der Waals surface area contributed by atoms with E-state index in [0.29, 0.717) is 5.25 Å². The molecule has 0 aliphatic heterocycles. The van der Waals surface area contributed by atoms with Gasteiger partial charge in [0.2, 0.25) is 0 Å². The zero-order valence-corrected chi connectivity index (χ0v) is 10.3. The van der Waals surface area contributed by atoms with Crippen molar-refractivity contribution < 1.29 is 0 Å². The molecule has 0 nitrogen and oxygen atoms in total. The lowest BCUT2D eigenvalue weighted by atomic mass is 10.1. The minimum Gasteiger partial charge on any atom is -0.179 e. The molecule has 0 rings (SSSR count). The van der Waals surface area contributed by atoms with Gasteiger partial charge in [0.05, 0.1) is 0 Å². The first-order valence-corrected chi connectivity index (χ1v) is 6.49. The lowest BCUT2D eigenvalue weighted by Gasteiger charge is -2.05. The van der Waals surface area contributed by atoms with E-state index in [9.17, 15) is 0 Å². The summed E-state index contributed by atoms with van der Waals surface area (Å²) in [5, 5.41) is 0.498. The molecule has 1 atom stereocenters. The summed E-state index contributed by atoms with van der Waals surface area (Å²) in [6.07, 6.45) is 7.82. The van der Waals surface area contributed by atoms with Crippen LogP contribution in [0, 0.1) is 0 Å². The summed E-state index contributed by atoms with van der Waals surface area (Å²) in [6.45, 7) is 0. The topological polar surface area (TPSA) is 0 Å². The van der Waals surface area contributed by atoms with Crippen LogP contribution < -0.4 is 0 Å². The molecule has 0 aromatic carbocycles. The molecule has 12 heavy (non-hydrogen) atoms. The van der Waals surface area contributed by atoms with Gasteiger partial charge in [-0.05, 0) is 18.6 Å². The van der Waals surface area contributed by atoms with E-state index in [-0.39, 0.29) is 0 Å². The molecule has 0 saturated heterocycles. The molecular formula is C9H20S3. The van der Waals surface area contributed by atoms with Crippen molar-refractivity contribution >= 4 is 37.9 Å². The lowest BCUT2D eigenvalue weighted by Crippen LogP contribution is -1.99.